The first-order chi connectivity index (χ1) is 14.0. The predicted molar refractivity (Wildman–Crippen MR) is 115 cm³/mol. The molecular formula is C21H21ClN4O2S. The van der Waals surface area contributed by atoms with E-state index in [9.17, 15) is 4.79 Å². The number of aromatic nitrogens is 3. The number of benzene rings is 2. The fraction of sp³-hybridized carbons (Fsp3) is 0.286. The summed E-state index contributed by atoms with van der Waals surface area (Å²) in [5.74, 6) is 1.43. The lowest BCUT2D eigenvalue weighted by Gasteiger charge is -2.14. The average Bonchev–Trinajstić information content (AvgIpc) is 3.46. The lowest BCUT2D eigenvalue weighted by atomic mass is 10.2. The highest BCUT2D eigenvalue weighted by Gasteiger charge is 2.27. The zero-order valence-electron chi connectivity index (χ0n) is 16.1. The van der Waals surface area contributed by atoms with E-state index >= 15 is 0 Å². The number of methoxy groups -OCH3 is 1. The van der Waals surface area contributed by atoms with Crippen molar-refractivity contribution in [1.29, 1.82) is 0 Å². The largest absolute Gasteiger partial charge is 0.497 e. The molecule has 6 nitrogen and oxygen atoms in total. The number of amides is 1. The van der Waals surface area contributed by atoms with Gasteiger partial charge in [0, 0.05) is 22.3 Å². The van der Waals surface area contributed by atoms with Crippen LogP contribution in [0.15, 0.2) is 53.7 Å². The summed E-state index contributed by atoms with van der Waals surface area (Å²) in [6.07, 6.45) is 2.12. The van der Waals surface area contributed by atoms with Crippen LogP contribution in [0.5, 0.6) is 5.75 Å². The van der Waals surface area contributed by atoms with E-state index in [4.69, 9.17) is 16.3 Å². The van der Waals surface area contributed by atoms with Crippen LogP contribution in [-0.4, -0.2) is 39.1 Å². The van der Waals surface area contributed by atoms with Crippen LogP contribution >= 0.6 is 23.4 Å². The minimum atomic E-state index is -0.288. The van der Waals surface area contributed by atoms with Gasteiger partial charge in [-0.25, -0.2) is 0 Å². The molecule has 1 heterocycles. The lowest BCUT2D eigenvalue weighted by molar-refractivity contribution is -0.120. The molecule has 8 heteroatoms. The molecule has 1 N–H and O–H groups in total. The van der Waals surface area contributed by atoms with Gasteiger partial charge in [0.1, 0.15) is 5.75 Å². The molecule has 1 aliphatic carbocycles. The molecule has 0 bridgehead atoms. The molecule has 1 saturated carbocycles. The monoisotopic (exact) mass is 428 g/mol. The van der Waals surface area contributed by atoms with Crippen LogP contribution in [0.2, 0.25) is 5.02 Å². The van der Waals surface area contributed by atoms with E-state index in [2.05, 4.69) is 15.5 Å². The van der Waals surface area contributed by atoms with Crippen LogP contribution < -0.4 is 10.1 Å². The van der Waals surface area contributed by atoms with E-state index < -0.39 is 0 Å². The number of ether oxygens (including phenoxy) is 1. The third kappa shape index (κ3) is 4.57. The summed E-state index contributed by atoms with van der Waals surface area (Å²) in [5.41, 5.74) is 1.74. The van der Waals surface area contributed by atoms with Crippen LogP contribution in [0, 0.1) is 0 Å². The van der Waals surface area contributed by atoms with Crippen molar-refractivity contribution in [2.75, 3.05) is 7.11 Å². The van der Waals surface area contributed by atoms with Gasteiger partial charge in [-0.2, -0.15) is 0 Å². The Labute approximate surface area is 178 Å². The third-order valence-electron chi connectivity index (χ3n) is 4.62. The number of carbonyl (C=O) groups excluding carboxylic acids is 1. The first kappa shape index (κ1) is 19.8. The highest BCUT2D eigenvalue weighted by atomic mass is 35.5. The van der Waals surface area contributed by atoms with Gasteiger partial charge < -0.3 is 10.1 Å². The quantitative estimate of drug-likeness (QED) is 0.566. The molecule has 1 aliphatic rings. The average molecular weight is 429 g/mol. The van der Waals surface area contributed by atoms with E-state index in [-0.39, 0.29) is 11.2 Å². The van der Waals surface area contributed by atoms with Crippen molar-refractivity contribution in [3.05, 3.63) is 53.6 Å². The van der Waals surface area contributed by atoms with Crippen molar-refractivity contribution < 1.29 is 9.53 Å². The summed E-state index contributed by atoms with van der Waals surface area (Å²) in [6, 6.07) is 15.5. The molecule has 1 aromatic heterocycles. The number of nitrogens with one attached hydrogen (secondary N) is 1. The molecule has 4 rings (SSSR count). The molecule has 2 aromatic carbocycles. The molecule has 1 fully saturated rings. The number of halogens is 1. The number of hydrogen-bond acceptors (Lipinski definition) is 5. The number of nitrogens with zero attached hydrogens (tertiary/aromatic N) is 3. The maximum atomic E-state index is 12.4. The minimum Gasteiger partial charge on any atom is -0.497 e. The Morgan fingerprint density at radius 1 is 1.24 bits per heavy atom. The number of hydrogen-bond donors (Lipinski definition) is 1. The fourth-order valence-electron chi connectivity index (χ4n) is 2.88. The van der Waals surface area contributed by atoms with Gasteiger partial charge in [0.05, 0.1) is 12.4 Å². The summed E-state index contributed by atoms with van der Waals surface area (Å²) in [7, 11) is 1.63. The van der Waals surface area contributed by atoms with Gasteiger partial charge in [0.15, 0.2) is 11.0 Å². The number of thioether (sulfide) groups is 1. The highest BCUT2D eigenvalue weighted by Crippen LogP contribution is 2.32. The van der Waals surface area contributed by atoms with Crippen molar-refractivity contribution in [3.63, 3.8) is 0 Å². The van der Waals surface area contributed by atoms with Gasteiger partial charge in [-0.15, -0.1) is 10.2 Å². The van der Waals surface area contributed by atoms with E-state index in [1.54, 1.807) is 7.11 Å². The minimum absolute atomic E-state index is 0.0195. The molecule has 1 amide bonds. The summed E-state index contributed by atoms with van der Waals surface area (Å²) < 4.78 is 7.29. The summed E-state index contributed by atoms with van der Waals surface area (Å²) in [4.78, 5) is 12.4. The Kier molecular flexibility index (Phi) is 5.78. The third-order valence-corrected chi connectivity index (χ3v) is 5.92. The first-order valence-electron chi connectivity index (χ1n) is 9.38. The van der Waals surface area contributed by atoms with E-state index in [1.807, 2.05) is 60.0 Å². The van der Waals surface area contributed by atoms with E-state index in [1.165, 1.54) is 11.8 Å². The van der Waals surface area contributed by atoms with Crippen molar-refractivity contribution in [1.82, 2.24) is 20.1 Å². The van der Waals surface area contributed by atoms with Crippen LogP contribution in [-0.2, 0) is 4.79 Å². The van der Waals surface area contributed by atoms with Gasteiger partial charge in [-0.05, 0) is 56.2 Å². The Balaban J connectivity index is 1.71. The molecule has 0 spiro atoms. The Morgan fingerprint density at radius 2 is 2.00 bits per heavy atom. The topological polar surface area (TPSA) is 69.0 Å². The maximum absolute atomic E-state index is 12.4. The second-order valence-corrected chi connectivity index (χ2v) is 8.64. The van der Waals surface area contributed by atoms with Crippen LogP contribution in [0.25, 0.3) is 17.1 Å². The molecule has 0 radical (unpaired) electrons. The molecule has 1 unspecified atom stereocenters. The fourth-order valence-corrected chi connectivity index (χ4v) is 3.88. The normalized spacial score (nSPS) is 14.4. The Hall–Kier alpha value is -2.51. The van der Waals surface area contributed by atoms with Crippen molar-refractivity contribution in [2.45, 2.75) is 36.2 Å². The molecule has 0 saturated heterocycles. The number of carbonyl (C=O) groups is 1. The summed E-state index contributed by atoms with van der Waals surface area (Å²) in [5, 5.41) is 12.9. The summed E-state index contributed by atoms with van der Waals surface area (Å²) in [6.45, 7) is 1.88. The van der Waals surface area contributed by atoms with E-state index in [0.29, 0.717) is 22.0 Å². The van der Waals surface area contributed by atoms with Crippen molar-refractivity contribution in [2.24, 2.45) is 0 Å². The molecule has 1 atom stereocenters. The van der Waals surface area contributed by atoms with Gasteiger partial charge in [0.2, 0.25) is 5.91 Å². The van der Waals surface area contributed by atoms with Crippen molar-refractivity contribution >= 4 is 29.3 Å². The Morgan fingerprint density at radius 3 is 2.69 bits per heavy atom. The second kappa shape index (κ2) is 8.47. The lowest BCUT2D eigenvalue weighted by Crippen LogP contribution is -2.32. The maximum Gasteiger partial charge on any atom is 0.233 e. The molecule has 0 aliphatic heterocycles. The van der Waals surface area contributed by atoms with Crippen LogP contribution in [0.4, 0.5) is 0 Å². The Bertz CT molecular complexity index is 1020. The van der Waals surface area contributed by atoms with Crippen LogP contribution in [0.1, 0.15) is 19.8 Å². The zero-order valence-corrected chi connectivity index (χ0v) is 17.7. The van der Waals surface area contributed by atoms with Crippen molar-refractivity contribution in [3.8, 4) is 22.8 Å². The van der Waals surface area contributed by atoms with E-state index in [0.717, 1.165) is 29.8 Å². The molecular weight excluding hydrogens is 408 g/mol. The van der Waals surface area contributed by atoms with Gasteiger partial charge in [-0.3, -0.25) is 9.36 Å². The SMILES string of the molecule is COc1cccc(-c2nnc(SC(C)C(=O)NC3CC3)n2-c2ccc(Cl)cc2)c1. The molecule has 150 valence electrons. The summed E-state index contributed by atoms with van der Waals surface area (Å²) >= 11 is 7.46. The number of rotatable bonds is 7. The molecule has 3 aromatic rings. The second-order valence-electron chi connectivity index (χ2n) is 6.89. The standard InChI is InChI=1S/C21H21ClN4O2S/c1-13(20(27)23-16-8-9-16)29-21-25-24-19(14-4-3-5-18(12-14)28-2)26(21)17-10-6-15(22)7-11-17/h3-7,10-13,16H,8-9H2,1-2H3,(H,23,27). The van der Waals surface area contributed by atoms with Gasteiger partial charge in [-0.1, -0.05) is 35.5 Å². The predicted octanol–water partition coefficient (Wildman–Crippen LogP) is 4.36. The smallest absolute Gasteiger partial charge is 0.233 e. The van der Waals surface area contributed by atoms with Gasteiger partial charge in [0.25, 0.3) is 0 Å². The van der Waals surface area contributed by atoms with Crippen LogP contribution in [0.3, 0.4) is 0 Å². The van der Waals surface area contributed by atoms with Gasteiger partial charge >= 0.3 is 0 Å². The zero-order chi connectivity index (χ0) is 20.4. The molecule has 29 heavy (non-hydrogen) atoms. The first-order valence-corrected chi connectivity index (χ1v) is 10.6. The highest BCUT2D eigenvalue weighted by molar-refractivity contribution is 8.00.